The molecule has 0 bridgehead atoms. The lowest BCUT2D eigenvalue weighted by Gasteiger charge is -2.03. The Morgan fingerprint density at radius 3 is 2.67 bits per heavy atom. The van der Waals surface area contributed by atoms with E-state index < -0.39 is 0 Å². The Morgan fingerprint density at radius 2 is 1.95 bits per heavy atom. The normalized spacial score (nSPS) is 10.9. The maximum atomic E-state index is 5.96. The zero-order chi connectivity index (χ0) is 14.7. The van der Waals surface area contributed by atoms with Crippen LogP contribution in [-0.2, 0) is 12.8 Å². The third kappa shape index (κ3) is 3.36. The van der Waals surface area contributed by atoms with Gasteiger partial charge in [-0.15, -0.1) is 11.3 Å². The number of nitrogen functional groups attached to an aromatic ring is 1. The number of rotatable bonds is 5. The van der Waals surface area contributed by atoms with Crippen LogP contribution in [0.4, 0.5) is 5.82 Å². The average molecular weight is 363 g/mol. The van der Waals surface area contributed by atoms with Gasteiger partial charge in [-0.05, 0) is 42.0 Å². The van der Waals surface area contributed by atoms with Gasteiger partial charge in [-0.2, -0.15) is 0 Å². The zero-order valence-corrected chi connectivity index (χ0v) is 13.8. The van der Waals surface area contributed by atoms with Gasteiger partial charge in [0.1, 0.15) is 5.76 Å². The lowest BCUT2D eigenvalue weighted by molar-refractivity contribution is 0.384. The van der Waals surface area contributed by atoms with Crippen LogP contribution in [0.25, 0.3) is 11.1 Å². The molecule has 5 heteroatoms. The molecule has 0 fully saturated rings. The maximum Gasteiger partial charge on any atom is 0.175 e. The van der Waals surface area contributed by atoms with E-state index in [1.807, 2.05) is 24.3 Å². The van der Waals surface area contributed by atoms with E-state index in [1.165, 1.54) is 4.88 Å². The number of aromatic nitrogens is 1. The monoisotopic (exact) mass is 362 g/mol. The molecule has 0 saturated heterocycles. The Labute approximate surface area is 135 Å². The molecule has 0 saturated carbocycles. The number of hydrogen-bond donors (Lipinski definition) is 1. The van der Waals surface area contributed by atoms with E-state index in [9.17, 15) is 0 Å². The van der Waals surface area contributed by atoms with Crippen molar-refractivity contribution in [2.45, 2.75) is 19.3 Å². The summed E-state index contributed by atoms with van der Waals surface area (Å²) in [6.45, 7) is 0. The summed E-state index contributed by atoms with van der Waals surface area (Å²) >= 11 is 5.23. The first-order valence-electron chi connectivity index (χ1n) is 6.76. The number of halogens is 1. The van der Waals surface area contributed by atoms with Crippen LogP contribution in [0, 0.1) is 0 Å². The molecule has 3 rings (SSSR count). The fourth-order valence-corrected chi connectivity index (χ4v) is 3.33. The molecule has 0 aliphatic carbocycles. The van der Waals surface area contributed by atoms with Gasteiger partial charge >= 0.3 is 0 Å². The standard InChI is InChI=1S/C16H15BrN2OS/c17-12-8-6-11(7-9-12)15-14(20-19-16(15)18)5-1-3-13-4-2-10-21-13/h2,4,6-10H,1,3,5H2,(H2,18,19). The second-order valence-corrected chi connectivity index (χ2v) is 6.75. The van der Waals surface area contributed by atoms with Crippen molar-refractivity contribution in [2.24, 2.45) is 0 Å². The molecule has 0 aliphatic rings. The second-order valence-electron chi connectivity index (χ2n) is 4.81. The molecule has 1 aromatic carbocycles. The minimum Gasteiger partial charge on any atom is -0.380 e. The highest BCUT2D eigenvalue weighted by molar-refractivity contribution is 9.10. The summed E-state index contributed by atoms with van der Waals surface area (Å²) in [7, 11) is 0. The van der Waals surface area contributed by atoms with Crippen molar-refractivity contribution < 1.29 is 4.52 Å². The number of anilines is 1. The molecular weight excluding hydrogens is 348 g/mol. The minimum absolute atomic E-state index is 0.462. The van der Waals surface area contributed by atoms with Gasteiger partial charge in [0.2, 0.25) is 0 Å². The highest BCUT2D eigenvalue weighted by Gasteiger charge is 2.15. The van der Waals surface area contributed by atoms with Gasteiger partial charge in [-0.1, -0.05) is 39.3 Å². The molecule has 3 aromatic rings. The van der Waals surface area contributed by atoms with Gasteiger partial charge in [0, 0.05) is 15.8 Å². The zero-order valence-electron chi connectivity index (χ0n) is 11.4. The van der Waals surface area contributed by atoms with E-state index in [4.69, 9.17) is 10.3 Å². The molecule has 0 aliphatic heterocycles. The third-order valence-electron chi connectivity index (χ3n) is 3.33. The van der Waals surface area contributed by atoms with Crippen molar-refractivity contribution in [2.75, 3.05) is 5.73 Å². The second kappa shape index (κ2) is 6.45. The average Bonchev–Trinajstić information content (AvgIpc) is 3.11. The Hall–Kier alpha value is -1.59. The van der Waals surface area contributed by atoms with Crippen LogP contribution < -0.4 is 5.73 Å². The third-order valence-corrected chi connectivity index (χ3v) is 4.79. The smallest absolute Gasteiger partial charge is 0.175 e. The quantitative estimate of drug-likeness (QED) is 0.700. The maximum absolute atomic E-state index is 5.96. The molecule has 2 N–H and O–H groups in total. The van der Waals surface area contributed by atoms with E-state index in [0.29, 0.717) is 5.82 Å². The number of nitrogens with zero attached hydrogens (tertiary/aromatic N) is 1. The minimum atomic E-state index is 0.462. The van der Waals surface area contributed by atoms with Crippen molar-refractivity contribution >= 4 is 33.1 Å². The van der Waals surface area contributed by atoms with Crippen molar-refractivity contribution in [3.05, 3.63) is 56.9 Å². The summed E-state index contributed by atoms with van der Waals surface area (Å²) in [4.78, 5) is 1.40. The molecule has 0 spiro atoms. The van der Waals surface area contributed by atoms with Crippen LogP contribution in [0.3, 0.4) is 0 Å². The Bertz CT molecular complexity index is 704. The molecule has 3 nitrogen and oxygen atoms in total. The molecule has 2 aromatic heterocycles. The summed E-state index contributed by atoms with van der Waals surface area (Å²) in [5, 5.41) is 6.03. The van der Waals surface area contributed by atoms with E-state index in [2.05, 4.69) is 38.6 Å². The van der Waals surface area contributed by atoms with Gasteiger partial charge in [0.25, 0.3) is 0 Å². The van der Waals surface area contributed by atoms with Gasteiger partial charge in [0.15, 0.2) is 5.82 Å². The van der Waals surface area contributed by atoms with Gasteiger partial charge in [0.05, 0.1) is 5.56 Å². The topological polar surface area (TPSA) is 52.0 Å². The SMILES string of the molecule is Nc1noc(CCCc2cccs2)c1-c1ccc(Br)cc1. The van der Waals surface area contributed by atoms with Crippen molar-refractivity contribution in [3.8, 4) is 11.1 Å². The first-order valence-corrected chi connectivity index (χ1v) is 8.43. The first-order chi connectivity index (χ1) is 10.2. The lowest BCUT2D eigenvalue weighted by Crippen LogP contribution is -1.92. The fraction of sp³-hybridized carbons (Fsp3) is 0.188. The highest BCUT2D eigenvalue weighted by atomic mass is 79.9. The van der Waals surface area contributed by atoms with Gasteiger partial charge < -0.3 is 10.3 Å². The summed E-state index contributed by atoms with van der Waals surface area (Å²) < 4.78 is 6.46. The Morgan fingerprint density at radius 1 is 1.14 bits per heavy atom. The molecule has 0 amide bonds. The van der Waals surface area contributed by atoms with Crippen molar-refractivity contribution in [3.63, 3.8) is 0 Å². The highest BCUT2D eigenvalue weighted by Crippen LogP contribution is 2.31. The molecule has 21 heavy (non-hydrogen) atoms. The molecule has 0 unspecified atom stereocenters. The Balaban J connectivity index is 1.75. The van der Waals surface area contributed by atoms with Crippen LogP contribution in [-0.4, -0.2) is 5.16 Å². The summed E-state index contributed by atoms with van der Waals surface area (Å²) in [5.41, 5.74) is 7.93. The van der Waals surface area contributed by atoms with Crippen molar-refractivity contribution in [1.82, 2.24) is 5.16 Å². The first kappa shape index (κ1) is 14.4. The van der Waals surface area contributed by atoms with E-state index in [1.54, 1.807) is 11.3 Å². The van der Waals surface area contributed by atoms with Crippen LogP contribution in [0.1, 0.15) is 17.1 Å². The number of aryl methyl sites for hydroxylation is 2. The van der Waals surface area contributed by atoms with E-state index in [0.717, 1.165) is 40.6 Å². The summed E-state index contributed by atoms with van der Waals surface area (Å²) in [5.74, 6) is 1.33. The number of thiophene rings is 1. The van der Waals surface area contributed by atoms with E-state index >= 15 is 0 Å². The molecule has 0 radical (unpaired) electrons. The molecular formula is C16H15BrN2OS. The molecule has 0 atom stereocenters. The summed E-state index contributed by atoms with van der Waals surface area (Å²) in [6.07, 6.45) is 2.92. The van der Waals surface area contributed by atoms with Gasteiger partial charge in [-0.3, -0.25) is 0 Å². The van der Waals surface area contributed by atoms with E-state index in [-0.39, 0.29) is 0 Å². The predicted molar refractivity (Wildman–Crippen MR) is 90.4 cm³/mol. The number of hydrogen-bond acceptors (Lipinski definition) is 4. The van der Waals surface area contributed by atoms with Crippen LogP contribution >= 0.6 is 27.3 Å². The molecule has 108 valence electrons. The van der Waals surface area contributed by atoms with Crippen LogP contribution in [0.15, 0.2) is 50.8 Å². The molecule has 2 heterocycles. The van der Waals surface area contributed by atoms with Crippen molar-refractivity contribution in [1.29, 1.82) is 0 Å². The van der Waals surface area contributed by atoms with Crippen LogP contribution in [0.5, 0.6) is 0 Å². The van der Waals surface area contributed by atoms with Crippen LogP contribution in [0.2, 0.25) is 0 Å². The lowest BCUT2D eigenvalue weighted by atomic mass is 10.0. The van der Waals surface area contributed by atoms with Gasteiger partial charge in [-0.25, -0.2) is 0 Å². The largest absolute Gasteiger partial charge is 0.380 e. The number of nitrogens with two attached hydrogens (primary N) is 1. The fourth-order valence-electron chi connectivity index (χ4n) is 2.31. The number of benzene rings is 1. The predicted octanol–water partition coefficient (Wildman–Crippen LogP) is 4.92. The Kier molecular flexibility index (Phi) is 4.41. The summed E-state index contributed by atoms with van der Waals surface area (Å²) in [6, 6.07) is 12.3.